The summed E-state index contributed by atoms with van der Waals surface area (Å²) in [6, 6.07) is 10.8. The molecule has 0 saturated carbocycles. The molecule has 0 unspecified atom stereocenters. The molecule has 0 bridgehead atoms. The standard InChI is InChI=1S/C21H18ClN3O4S2/c1-3-28-19(27)18-12(2)23-21(31-18)25-20(30)24-17(26)11-9-15-8-10-16(29-15)13-4-6-14(22)7-5-13/h4-11H,3H2,1-2H3,(H2,23,24,25,26,30)/b11-9+. The first-order chi connectivity index (χ1) is 14.9. The van der Waals surface area contributed by atoms with Gasteiger partial charge in [-0.15, -0.1) is 0 Å². The minimum absolute atomic E-state index is 0.0557. The minimum atomic E-state index is -0.445. The monoisotopic (exact) mass is 475 g/mol. The van der Waals surface area contributed by atoms with Gasteiger partial charge in [0.1, 0.15) is 16.4 Å². The van der Waals surface area contributed by atoms with Gasteiger partial charge in [0.15, 0.2) is 10.2 Å². The summed E-state index contributed by atoms with van der Waals surface area (Å²) in [6.07, 6.45) is 2.83. The molecule has 1 aromatic carbocycles. The van der Waals surface area contributed by atoms with Gasteiger partial charge in [-0.25, -0.2) is 9.78 Å². The fourth-order valence-corrected chi connectivity index (χ4v) is 3.74. The third kappa shape index (κ3) is 6.24. The Morgan fingerprint density at radius 1 is 1.26 bits per heavy atom. The van der Waals surface area contributed by atoms with Gasteiger partial charge in [0, 0.05) is 16.7 Å². The third-order valence-corrected chi connectivity index (χ3v) is 5.38. The zero-order valence-corrected chi connectivity index (χ0v) is 19.0. The Morgan fingerprint density at radius 2 is 2.00 bits per heavy atom. The number of nitrogens with zero attached hydrogens (tertiary/aromatic N) is 1. The number of amides is 1. The van der Waals surface area contributed by atoms with Crippen LogP contribution in [0.4, 0.5) is 5.13 Å². The zero-order valence-electron chi connectivity index (χ0n) is 16.6. The highest BCUT2D eigenvalue weighted by Crippen LogP contribution is 2.25. The lowest BCUT2D eigenvalue weighted by atomic mass is 10.2. The first-order valence-corrected chi connectivity index (χ1v) is 10.8. The quantitative estimate of drug-likeness (QED) is 0.292. The van der Waals surface area contributed by atoms with E-state index >= 15 is 0 Å². The highest BCUT2D eigenvalue weighted by Gasteiger charge is 2.17. The van der Waals surface area contributed by atoms with Crippen LogP contribution in [0.1, 0.15) is 28.0 Å². The number of furan rings is 1. The predicted molar refractivity (Wildman–Crippen MR) is 125 cm³/mol. The maximum atomic E-state index is 12.1. The molecule has 2 heterocycles. The van der Waals surface area contributed by atoms with Crippen molar-refractivity contribution in [2.24, 2.45) is 0 Å². The number of hydrogen-bond acceptors (Lipinski definition) is 7. The Kier molecular flexibility index (Phi) is 7.56. The Hall–Kier alpha value is -3.01. The van der Waals surface area contributed by atoms with Gasteiger partial charge < -0.3 is 14.5 Å². The number of carbonyl (C=O) groups is 2. The van der Waals surface area contributed by atoms with E-state index in [1.807, 2.05) is 12.1 Å². The molecule has 2 N–H and O–H groups in total. The van der Waals surface area contributed by atoms with E-state index in [2.05, 4.69) is 15.6 Å². The van der Waals surface area contributed by atoms with Crippen molar-refractivity contribution in [2.45, 2.75) is 13.8 Å². The number of aryl methyl sites for hydroxylation is 1. The summed E-state index contributed by atoms with van der Waals surface area (Å²) in [6.45, 7) is 3.70. The SMILES string of the molecule is CCOC(=O)c1sc(NC(=S)NC(=O)/C=C/c2ccc(-c3ccc(Cl)cc3)o2)nc1C. The number of aromatic nitrogens is 1. The van der Waals surface area contributed by atoms with E-state index in [1.54, 1.807) is 38.1 Å². The number of ether oxygens (including phenoxy) is 1. The van der Waals surface area contributed by atoms with Crippen LogP contribution in [-0.4, -0.2) is 28.6 Å². The van der Waals surface area contributed by atoms with Crippen molar-refractivity contribution in [3.8, 4) is 11.3 Å². The smallest absolute Gasteiger partial charge is 0.350 e. The van der Waals surface area contributed by atoms with Crippen molar-refractivity contribution >= 4 is 63.4 Å². The van der Waals surface area contributed by atoms with Crippen LogP contribution in [0.15, 0.2) is 46.9 Å². The average Bonchev–Trinajstić information content (AvgIpc) is 3.33. The van der Waals surface area contributed by atoms with E-state index in [0.29, 0.717) is 32.2 Å². The van der Waals surface area contributed by atoms with Gasteiger partial charge in [0.05, 0.1) is 12.3 Å². The van der Waals surface area contributed by atoms with E-state index in [9.17, 15) is 9.59 Å². The second-order valence-corrected chi connectivity index (χ2v) is 7.98. The highest BCUT2D eigenvalue weighted by atomic mass is 35.5. The van der Waals surface area contributed by atoms with E-state index in [0.717, 1.165) is 16.9 Å². The average molecular weight is 476 g/mol. The maximum absolute atomic E-state index is 12.1. The molecule has 7 nitrogen and oxygen atoms in total. The summed E-state index contributed by atoms with van der Waals surface area (Å²) >= 11 is 12.1. The lowest BCUT2D eigenvalue weighted by Crippen LogP contribution is -2.32. The molecule has 0 radical (unpaired) electrons. The number of carbonyl (C=O) groups excluding carboxylic acids is 2. The number of thiocarbonyl (C=S) groups is 1. The fraction of sp³-hybridized carbons (Fsp3) is 0.143. The zero-order chi connectivity index (χ0) is 22.4. The summed E-state index contributed by atoms with van der Waals surface area (Å²) in [5.74, 6) is 0.278. The van der Waals surface area contributed by atoms with E-state index in [-0.39, 0.29) is 11.7 Å². The summed E-state index contributed by atoms with van der Waals surface area (Å²) in [7, 11) is 0. The van der Waals surface area contributed by atoms with Gasteiger partial charge in [-0.1, -0.05) is 22.9 Å². The first-order valence-electron chi connectivity index (χ1n) is 9.16. The molecular formula is C21H18ClN3O4S2. The Labute approximate surface area is 193 Å². The van der Waals surface area contributed by atoms with Crippen molar-refractivity contribution in [3.63, 3.8) is 0 Å². The Bertz CT molecular complexity index is 1140. The van der Waals surface area contributed by atoms with Crippen LogP contribution in [0, 0.1) is 6.92 Å². The molecule has 10 heteroatoms. The number of hydrogen-bond donors (Lipinski definition) is 2. The van der Waals surface area contributed by atoms with Gasteiger partial charge in [-0.3, -0.25) is 10.1 Å². The molecule has 3 aromatic rings. The van der Waals surface area contributed by atoms with Crippen molar-refractivity contribution < 1.29 is 18.7 Å². The fourth-order valence-electron chi connectivity index (χ4n) is 2.49. The molecule has 0 aliphatic rings. The largest absolute Gasteiger partial charge is 0.462 e. The van der Waals surface area contributed by atoms with Crippen LogP contribution in [0.2, 0.25) is 5.02 Å². The van der Waals surface area contributed by atoms with Crippen LogP contribution < -0.4 is 10.6 Å². The van der Waals surface area contributed by atoms with Crippen LogP contribution in [0.3, 0.4) is 0 Å². The Balaban J connectivity index is 1.55. The van der Waals surface area contributed by atoms with E-state index in [4.69, 9.17) is 33.0 Å². The van der Waals surface area contributed by atoms with Gasteiger partial charge >= 0.3 is 5.97 Å². The van der Waals surface area contributed by atoms with Crippen molar-refractivity contribution in [1.29, 1.82) is 0 Å². The molecule has 31 heavy (non-hydrogen) atoms. The minimum Gasteiger partial charge on any atom is -0.462 e. The number of halogens is 1. The first kappa shape index (κ1) is 22.7. The molecule has 0 aliphatic carbocycles. The molecule has 2 aromatic heterocycles. The summed E-state index contributed by atoms with van der Waals surface area (Å²) in [5.41, 5.74) is 1.40. The summed E-state index contributed by atoms with van der Waals surface area (Å²) < 4.78 is 10.7. The molecular weight excluding hydrogens is 458 g/mol. The second-order valence-electron chi connectivity index (χ2n) is 6.14. The van der Waals surface area contributed by atoms with Crippen LogP contribution in [0.5, 0.6) is 0 Å². The number of benzene rings is 1. The molecule has 0 saturated heterocycles. The van der Waals surface area contributed by atoms with Crippen LogP contribution in [-0.2, 0) is 9.53 Å². The number of esters is 1. The van der Waals surface area contributed by atoms with Crippen LogP contribution in [0.25, 0.3) is 17.4 Å². The van der Waals surface area contributed by atoms with E-state index < -0.39 is 11.9 Å². The molecule has 160 valence electrons. The number of rotatable bonds is 6. The topological polar surface area (TPSA) is 93.5 Å². The normalized spacial score (nSPS) is 10.8. The lowest BCUT2D eigenvalue weighted by Gasteiger charge is -2.04. The molecule has 0 spiro atoms. The molecule has 0 fully saturated rings. The van der Waals surface area contributed by atoms with Gasteiger partial charge in [-0.2, -0.15) is 0 Å². The third-order valence-electron chi connectivity index (χ3n) is 3.87. The number of thiazole rings is 1. The van der Waals surface area contributed by atoms with Gasteiger partial charge in [0.2, 0.25) is 5.91 Å². The number of anilines is 1. The van der Waals surface area contributed by atoms with Gasteiger partial charge in [-0.05, 0) is 68.5 Å². The van der Waals surface area contributed by atoms with Gasteiger partial charge in [0.25, 0.3) is 0 Å². The number of nitrogens with one attached hydrogen (secondary N) is 2. The lowest BCUT2D eigenvalue weighted by molar-refractivity contribution is -0.115. The predicted octanol–water partition coefficient (Wildman–Crippen LogP) is 5.07. The molecule has 3 rings (SSSR count). The highest BCUT2D eigenvalue weighted by molar-refractivity contribution is 7.80. The summed E-state index contributed by atoms with van der Waals surface area (Å²) in [5, 5.41) is 6.38. The molecule has 1 amide bonds. The molecule has 0 aliphatic heterocycles. The maximum Gasteiger partial charge on any atom is 0.350 e. The second kappa shape index (κ2) is 10.3. The van der Waals surface area contributed by atoms with Crippen molar-refractivity contribution in [2.75, 3.05) is 11.9 Å². The van der Waals surface area contributed by atoms with Crippen molar-refractivity contribution in [3.05, 3.63) is 63.8 Å². The molecule has 0 atom stereocenters. The van der Waals surface area contributed by atoms with Crippen LogP contribution >= 0.6 is 35.2 Å². The van der Waals surface area contributed by atoms with E-state index in [1.165, 1.54) is 12.2 Å². The summed E-state index contributed by atoms with van der Waals surface area (Å²) in [4.78, 5) is 28.6. The van der Waals surface area contributed by atoms with Crippen molar-refractivity contribution in [1.82, 2.24) is 10.3 Å². The Morgan fingerprint density at radius 3 is 2.71 bits per heavy atom.